The maximum absolute atomic E-state index is 11.2. The highest BCUT2D eigenvalue weighted by Crippen LogP contribution is 2.31. The van der Waals surface area contributed by atoms with Crippen molar-refractivity contribution in [3.8, 4) is 16.9 Å². The highest BCUT2D eigenvalue weighted by molar-refractivity contribution is 6.31. The standard InChI is InChI=1S/C18H15ClN2O2/c1-12-7-9-13(10-8-12)17-15(11-16(22)23)18(19)21(20-17)14-5-3-2-4-6-14/h2-10H,11H2,1H3,(H,22,23). The maximum atomic E-state index is 11.2. The lowest BCUT2D eigenvalue weighted by atomic mass is 10.0. The molecule has 23 heavy (non-hydrogen) atoms. The number of aliphatic carboxylic acids is 1. The third-order valence-corrected chi connectivity index (χ3v) is 3.96. The number of rotatable bonds is 4. The predicted molar refractivity (Wildman–Crippen MR) is 90.1 cm³/mol. The Morgan fingerprint density at radius 3 is 2.39 bits per heavy atom. The van der Waals surface area contributed by atoms with Crippen LogP contribution in [0.4, 0.5) is 0 Å². The zero-order chi connectivity index (χ0) is 16.4. The minimum atomic E-state index is -0.937. The third-order valence-electron chi connectivity index (χ3n) is 3.57. The molecule has 2 aromatic carbocycles. The van der Waals surface area contributed by atoms with Gasteiger partial charge in [-0.15, -0.1) is 0 Å². The summed E-state index contributed by atoms with van der Waals surface area (Å²) in [6.45, 7) is 2.00. The molecule has 0 aliphatic carbocycles. The molecule has 0 bridgehead atoms. The van der Waals surface area contributed by atoms with Gasteiger partial charge in [0.1, 0.15) is 5.15 Å². The van der Waals surface area contributed by atoms with Crippen LogP contribution in [0, 0.1) is 6.92 Å². The molecule has 0 radical (unpaired) electrons. The van der Waals surface area contributed by atoms with Crippen LogP contribution in [0.2, 0.25) is 5.15 Å². The first kappa shape index (κ1) is 15.3. The van der Waals surface area contributed by atoms with Crippen molar-refractivity contribution in [3.63, 3.8) is 0 Å². The van der Waals surface area contributed by atoms with Crippen molar-refractivity contribution in [2.24, 2.45) is 0 Å². The molecule has 3 rings (SSSR count). The van der Waals surface area contributed by atoms with Gasteiger partial charge in [-0.2, -0.15) is 5.10 Å². The molecule has 1 aromatic heterocycles. The number of hydrogen-bond acceptors (Lipinski definition) is 2. The Balaban J connectivity index is 2.17. The van der Waals surface area contributed by atoms with Crippen LogP contribution < -0.4 is 0 Å². The summed E-state index contributed by atoms with van der Waals surface area (Å²) < 4.78 is 1.58. The predicted octanol–water partition coefficient (Wildman–Crippen LogP) is 4.13. The fourth-order valence-corrected chi connectivity index (χ4v) is 2.71. The lowest BCUT2D eigenvalue weighted by Gasteiger charge is -2.02. The second-order valence-electron chi connectivity index (χ2n) is 5.30. The van der Waals surface area contributed by atoms with Crippen molar-refractivity contribution in [2.75, 3.05) is 0 Å². The minimum absolute atomic E-state index is 0.172. The van der Waals surface area contributed by atoms with Crippen LogP contribution in [0.5, 0.6) is 0 Å². The maximum Gasteiger partial charge on any atom is 0.308 e. The SMILES string of the molecule is Cc1ccc(-c2nn(-c3ccccc3)c(Cl)c2CC(=O)O)cc1. The van der Waals surface area contributed by atoms with Crippen LogP contribution in [-0.2, 0) is 11.2 Å². The summed E-state index contributed by atoms with van der Waals surface area (Å²) >= 11 is 6.43. The first-order valence-corrected chi connectivity index (χ1v) is 7.55. The molecule has 116 valence electrons. The monoisotopic (exact) mass is 326 g/mol. The van der Waals surface area contributed by atoms with E-state index in [1.807, 2.05) is 61.5 Å². The van der Waals surface area contributed by atoms with Gasteiger partial charge in [-0.05, 0) is 19.1 Å². The second-order valence-corrected chi connectivity index (χ2v) is 5.66. The number of hydrogen-bond donors (Lipinski definition) is 1. The molecule has 0 saturated carbocycles. The first-order valence-electron chi connectivity index (χ1n) is 7.18. The highest BCUT2D eigenvalue weighted by Gasteiger charge is 2.20. The summed E-state index contributed by atoms with van der Waals surface area (Å²) in [5.74, 6) is -0.937. The van der Waals surface area contributed by atoms with Gasteiger partial charge >= 0.3 is 5.97 Å². The van der Waals surface area contributed by atoms with E-state index in [2.05, 4.69) is 5.10 Å². The summed E-state index contributed by atoms with van der Waals surface area (Å²) in [7, 11) is 0. The van der Waals surface area contributed by atoms with Crippen LogP contribution in [-0.4, -0.2) is 20.9 Å². The normalized spacial score (nSPS) is 10.7. The number of carboxylic acid groups (broad SMARTS) is 1. The smallest absolute Gasteiger partial charge is 0.308 e. The molecule has 3 aromatic rings. The van der Waals surface area contributed by atoms with Crippen LogP contribution in [0.15, 0.2) is 54.6 Å². The number of halogens is 1. The van der Waals surface area contributed by atoms with Crippen molar-refractivity contribution in [3.05, 3.63) is 70.9 Å². The van der Waals surface area contributed by atoms with E-state index in [9.17, 15) is 9.90 Å². The Kier molecular flexibility index (Phi) is 4.17. The number of aromatic nitrogens is 2. The third kappa shape index (κ3) is 3.12. The Hall–Kier alpha value is -2.59. The summed E-state index contributed by atoms with van der Waals surface area (Å²) in [5.41, 5.74) is 3.89. The van der Waals surface area contributed by atoms with E-state index >= 15 is 0 Å². The van der Waals surface area contributed by atoms with Crippen LogP contribution in [0.1, 0.15) is 11.1 Å². The Morgan fingerprint density at radius 1 is 1.13 bits per heavy atom. The largest absolute Gasteiger partial charge is 0.481 e. The molecule has 0 spiro atoms. The van der Waals surface area contributed by atoms with Gasteiger partial charge in [0, 0.05) is 11.1 Å². The van der Waals surface area contributed by atoms with Crippen molar-refractivity contribution in [1.82, 2.24) is 9.78 Å². The van der Waals surface area contributed by atoms with Crippen molar-refractivity contribution < 1.29 is 9.90 Å². The summed E-state index contributed by atoms with van der Waals surface area (Å²) in [5, 5.41) is 14.1. The van der Waals surface area contributed by atoms with Gasteiger partial charge in [-0.3, -0.25) is 4.79 Å². The number of nitrogens with zero attached hydrogens (tertiary/aromatic N) is 2. The average Bonchev–Trinajstić information content (AvgIpc) is 2.86. The Morgan fingerprint density at radius 2 is 1.78 bits per heavy atom. The summed E-state index contributed by atoms with van der Waals surface area (Å²) in [6, 6.07) is 17.2. The van der Waals surface area contributed by atoms with Gasteiger partial charge in [0.25, 0.3) is 0 Å². The number of carboxylic acids is 1. The quantitative estimate of drug-likeness (QED) is 0.784. The zero-order valence-electron chi connectivity index (χ0n) is 12.5. The molecular weight excluding hydrogens is 312 g/mol. The van der Waals surface area contributed by atoms with Gasteiger partial charge in [-0.25, -0.2) is 4.68 Å². The van der Waals surface area contributed by atoms with E-state index in [-0.39, 0.29) is 6.42 Å². The summed E-state index contributed by atoms with van der Waals surface area (Å²) in [4.78, 5) is 11.2. The van der Waals surface area contributed by atoms with Gasteiger partial charge in [0.2, 0.25) is 0 Å². The van der Waals surface area contributed by atoms with Gasteiger partial charge < -0.3 is 5.11 Å². The van der Waals surface area contributed by atoms with Crippen LogP contribution in [0.25, 0.3) is 16.9 Å². The average molecular weight is 327 g/mol. The van der Waals surface area contributed by atoms with Gasteiger partial charge in [-0.1, -0.05) is 59.6 Å². The fraction of sp³-hybridized carbons (Fsp3) is 0.111. The number of benzene rings is 2. The molecule has 0 aliphatic heterocycles. The Bertz CT molecular complexity index is 839. The van der Waals surface area contributed by atoms with Gasteiger partial charge in [0.05, 0.1) is 17.8 Å². The van der Waals surface area contributed by atoms with E-state index in [0.717, 1.165) is 16.8 Å². The van der Waals surface area contributed by atoms with Crippen molar-refractivity contribution in [1.29, 1.82) is 0 Å². The molecule has 1 heterocycles. The molecule has 1 N–H and O–H groups in total. The molecule has 0 saturated heterocycles. The molecular formula is C18H15ClN2O2. The number of carbonyl (C=O) groups is 1. The van der Waals surface area contributed by atoms with Gasteiger partial charge in [0.15, 0.2) is 0 Å². The van der Waals surface area contributed by atoms with Crippen LogP contribution in [0.3, 0.4) is 0 Å². The fourth-order valence-electron chi connectivity index (χ4n) is 2.42. The van der Waals surface area contributed by atoms with E-state index in [4.69, 9.17) is 11.6 Å². The topological polar surface area (TPSA) is 55.1 Å². The number of para-hydroxylation sites is 1. The molecule has 0 fully saturated rings. The zero-order valence-corrected chi connectivity index (χ0v) is 13.3. The van der Waals surface area contributed by atoms with E-state index in [1.54, 1.807) is 4.68 Å². The molecule has 0 aliphatic rings. The first-order chi connectivity index (χ1) is 11.1. The second kappa shape index (κ2) is 6.26. The molecule has 0 amide bonds. The lowest BCUT2D eigenvalue weighted by molar-refractivity contribution is -0.136. The number of aryl methyl sites for hydroxylation is 1. The van der Waals surface area contributed by atoms with E-state index in [1.165, 1.54) is 0 Å². The van der Waals surface area contributed by atoms with Crippen molar-refractivity contribution >= 4 is 17.6 Å². The van der Waals surface area contributed by atoms with E-state index < -0.39 is 5.97 Å². The molecule has 0 atom stereocenters. The molecule has 4 nitrogen and oxygen atoms in total. The van der Waals surface area contributed by atoms with E-state index in [0.29, 0.717) is 16.4 Å². The van der Waals surface area contributed by atoms with Crippen molar-refractivity contribution in [2.45, 2.75) is 13.3 Å². The minimum Gasteiger partial charge on any atom is -0.481 e. The Labute approximate surface area is 139 Å². The molecule has 0 unspecified atom stereocenters. The summed E-state index contributed by atoms with van der Waals surface area (Å²) in [6.07, 6.45) is -0.172. The van der Waals surface area contributed by atoms with Crippen LogP contribution >= 0.6 is 11.6 Å². The molecule has 5 heteroatoms. The highest BCUT2D eigenvalue weighted by atomic mass is 35.5. The lowest BCUT2D eigenvalue weighted by Crippen LogP contribution is -2.01.